The van der Waals surface area contributed by atoms with Gasteiger partial charge < -0.3 is 25.7 Å². The molecule has 2 aromatic carbocycles. The van der Waals surface area contributed by atoms with Crippen molar-refractivity contribution in [1.29, 1.82) is 0 Å². The quantitative estimate of drug-likeness (QED) is 0.246. The predicted octanol–water partition coefficient (Wildman–Crippen LogP) is 4.72. The molecule has 4 fully saturated rings. The van der Waals surface area contributed by atoms with E-state index in [1.54, 1.807) is 12.0 Å². The highest BCUT2D eigenvalue weighted by atomic mass is 16.7. The zero-order chi connectivity index (χ0) is 34.9. The van der Waals surface area contributed by atoms with E-state index in [-0.39, 0.29) is 30.5 Å². The number of hydrogen-bond donors (Lipinski definition) is 4. The number of hydrogen-bond acceptors (Lipinski definition) is 7. The molecule has 9 atom stereocenters. The lowest BCUT2D eigenvalue weighted by Crippen LogP contribution is -2.62. The maximum atomic E-state index is 14.0. The van der Waals surface area contributed by atoms with Crippen molar-refractivity contribution < 1.29 is 24.6 Å². The summed E-state index contributed by atoms with van der Waals surface area (Å²) >= 11 is 0. The van der Waals surface area contributed by atoms with Gasteiger partial charge in [-0.2, -0.15) is 5.06 Å². The Labute approximate surface area is 287 Å². The van der Waals surface area contributed by atoms with Crippen LogP contribution in [0.15, 0.2) is 48.5 Å². The van der Waals surface area contributed by atoms with Crippen molar-refractivity contribution in [1.82, 2.24) is 20.6 Å². The minimum atomic E-state index is -0.850. The Morgan fingerprint density at radius 1 is 1.06 bits per heavy atom. The largest absolute Gasteiger partial charge is 0.394 e. The lowest BCUT2D eigenvalue weighted by molar-refractivity contribution is -0.183. The Bertz CT molecular complexity index is 1420. The summed E-state index contributed by atoms with van der Waals surface area (Å²) in [6, 6.07) is 15.0. The molecule has 1 heterocycles. The van der Waals surface area contributed by atoms with Crippen LogP contribution in [0, 0.1) is 35.0 Å². The summed E-state index contributed by atoms with van der Waals surface area (Å²) in [5.74, 6) is 1.19. The molecule has 1 saturated heterocycles. The van der Waals surface area contributed by atoms with E-state index in [0.29, 0.717) is 41.2 Å². The fraction of sp³-hybridized carbons (Fsp3) is 0.641. The van der Waals surface area contributed by atoms with Gasteiger partial charge in [0.25, 0.3) is 5.91 Å². The molecule has 4 N–H and O–H groups in total. The first-order valence-electron chi connectivity index (χ1n) is 17.9. The Hall–Kier alpha value is -2.82. The maximum absolute atomic E-state index is 14.0. The number of rotatable bonds is 13. The second-order valence-electron chi connectivity index (χ2n) is 16.1. The maximum Gasteiger partial charge on any atom is 0.251 e. The fourth-order valence-electron chi connectivity index (χ4n) is 8.81. The van der Waals surface area contributed by atoms with Crippen molar-refractivity contribution in [2.45, 2.75) is 97.7 Å². The zero-order valence-corrected chi connectivity index (χ0v) is 30.1. The van der Waals surface area contributed by atoms with Crippen molar-refractivity contribution in [3.8, 4) is 11.1 Å². The van der Waals surface area contributed by atoms with Crippen LogP contribution in [0.25, 0.3) is 11.1 Å². The van der Waals surface area contributed by atoms with Gasteiger partial charge in [-0.05, 0) is 104 Å². The molecule has 3 saturated carbocycles. The number of carbonyl (C=O) groups is 2. The lowest BCUT2D eigenvalue weighted by atomic mass is 9.45. The zero-order valence-electron chi connectivity index (χ0n) is 30.1. The van der Waals surface area contributed by atoms with E-state index in [2.05, 4.69) is 50.2 Å². The van der Waals surface area contributed by atoms with Gasteiger partial charge in [-0.1, -0.05) is 65.0 Å². The monoisotopic (exact) mass is 662 g/mol. The predicted molar refractivity (Wildman–Crippen MR) is 189 cm³/mol. The van der Waals surface area contributed by atoms with Crippen LogP contribution in [0.4, 0.5) is 0 Å². The van der Waals surface area contributed by atoms with Crippen molar-refractivity contribution >= 4 is 11.8 Å². The molecule has 9 heteroatoms. The van der Waals surface area contributed by atoms with Crippen LogP contribution in [0.1, 0.15) is 76.7 Å². The van der Waals surface area contributed by atoms with Gasteiger partial charge in [0.05, 0.1) is 19.3 Å². The number of carbonyl (C=O) groups excluding carboxylic acids is 2. The highest BCUT2D eigenvalue weighted by Crippen LogP contribution is 2.61. The molecule has 2 bridgehead atoms. The molecular formula is C39H58N4O5. The molecule has 4 aliphatic rings. The van der Waals surface area contributed by atoms with Crippen LogP contribution < -0.4 is 10.6 Å². The number of aliphatic hydroxyl groups is 2. The van der Waals surface area contributed by atoms with E-state index in [0.717, 1.165) is 36.1 Å². The molecule has 0 spiro atoms. The third kappa shape index (κ3) is 7.81. The summed E-state index contributed by atoms with van der Waals surface area (Å²) in [5, 5.41) is 29.2. The van der Waals surface area contributed by atoms with Gasteiger partial charge in [-0.25, -0.2) is 0 Å². The molecule has 264 valence electrons. The molecule has 9 nitrogen and oxygen atoms in total. The van der Waals surface area contributed by atoms with Gasteiger partial charge in [0.2, 0.25) is 5.91 Å². The van der Waals surface area contributed by atoms with E-state index in [9.17, 15) is 19.8 Å². The normalized spacial score (nSPS) is 29.4. The molecule has 2 amide bonds. The molecule has 6 rings (SSSR count). The fourth-order valence-corrected chi connectivity index (χ4v) is 8.81. The van der Waals surface area contributed by atoms with Gasteiger partial charge in [0.1, 0.15) is 12.1 Å². The van der Waals surface area contributed by atoms with Gasteiger partial charge >= 0.3 is 0 Å². The van der Waals surface area contributed by atoms with Crippen molar-refractivity contribution in [2.75, 3.05) is 27.2 Å². The number of hydroxylamine groups is 2. The van der Waals surface area contributed by atoms with Gasteiger partial charge in [0.15, 0.2) is 0 Å². The van der Waals surface area contributed by atoms with Crippen molar-refractivity contribution in [3.05, 3.63) is 59.7 Å². The third-order valence-corrected chi connectivity index (χ3v) is 11.5. The summed E-state index contributed by atoms with van der Waals surface area (Å²) in [4.78, 5) is 35.7. The van der Waals surface area contributed by atoms with Crippen molar-refractivity contribution in [2.24, 2.45) is 35.0 Å². The van der Waals surface area contributed by atoms with Crippen LogP contribution in [-0.4, -0.2) is 89.6 Å². The SMILES string of the molecule is CC(C)C[C@@H](CN(C)C)NC(=O)c1cccc(-c2cccc(CN3O[C@@H](CO)[C@@H]([C@H](C)O)[C@H]3C(=O)N[C@H]3C[C@H]4C[C@@H]([C@@H]3C)C4(C)C)c2)c1. The summed E-state index contributed by atoms with van der Waals surface area (Å²) in [5.41, 5.74) is 3.69. The molecule has 3 aliphatic carbocycles. The highest BCUT2D eigenvalue weighted by Gasteiger charge is 2.57. The molecule has 2 aromatic rings. The summed E-state index contributed by atoms with van der Waals surface area (Å²) < 4.78 is 0. The number of fused-ring (bicyclic) bond motifs is 2. The molecule has 0 aromatic heterocycles. The first-order valence-corrected chi connectivity index (χ1v) is 17.9. The van der Waals surface area contributed by atoms with E-state index in [4.69, 9.17) is 4.84 Å². The molecule has 0 radical (unpaired) electrons. The third-order valence-electron chi connectivity index (χ3n) is 11.5. The van der Waals surface area contributed by atoms with Crippen LogP contribution in [-0.2, 0) is 16.2 Å². The average Bonchev–Trinajstić information content (AvgIpc) is 3.39. The minimum Gasteiger partial charge on any atom is -0.394 e. The number of benzene rings is 2. The molecule has 48 heavy (non-hydrogen) atoms. The Morgan fingerprint density at radius 3 is 2.35 bits per heavy atom. The van der Waals surface area contributed by atoms with Gasteiger partial charge in [-0.15, -0.1) is 0 Å². The minimum absolute atomic E-state index is 0.0529. The van der Waals surface area contributed by atoms with Crippen LogP contribution in [0.3, 0.4) is 0 Å². The highest BCUT2D eigenvalue weighted by molar-refractivity contribution is 5.95. The van der Waals surface area contributed by atoms with Crippen LogP contribution in [0.2, 0.25) is 0 Å². The molecule has 0 unspecified atom stereocenters. The van der Waals surface area contributed by atoms with Crippen LogP contribution >= 0.6 is 0 Å². The summed E-state index contributed by atoms with van der Waals surface area (Å²) in [6.07, 6.45) is 1.54. The van der Waals surface area contributed by atoms with Crippen molar-refractivity contribution in [3.63, 3.8) is 0 Å². The Balaban J connectivity index is 1.32. The van der Waals surface area contributed by atoms with E-state index < -0.39 is 24.2 Å². The first kappa shape index (κ1) is 36.5. The lowest BCUT2D eigenvalue weighted by Gasteiger charge is -2.62. The average molecular weight is 663 g/mol. The smallest absolute Gasteiger partial charge is 0.251 e. The van der Waals surface area contributed by atoms with Gasteiger partial charge in [0, 0.05) is 30.1 Å². The molecular weight excluding hydrogens is 604 g/mol. The standard InChI is InChI=1S/C39H58N4O5/c1-23(2)15-31(21-42(7)8)40-37(46)29-14-10-13-28(17-29)27-12-9-11-26(16-27)20-43-36(35(25(4)45)34(22-44)48-43)38(47)41-33-19-30-18-32(24(33)3)39(30,5)6/h9-14,16-17,23-25,30-36,44-45H,15,18-22H2,1-8H3,(H,40,46)(H,41,47)/t24-,25-,30+,31-,32-,33-,34-,35+,36-/m0/s1. The Morgan fingerprint density at radius 2 is 1.75 bits per heavy atom. The summed E-state index contributed by atoms with van der Waals surface area (Å²) in [6.45, 7) is 13.7. The van der Waals surface area contributed by atoms with E-state index in [1.165, 1.54) is 6.42 Å². The first-order chi connectivity index (χ1) is 22.7. The number of amides is 2. The van der Waals surface area contributed by atoms with Crippen LogP contribution in [0.5, 0.6) is 0 Å². The van der Waals surface area contributed by atoms with E-state index >= 15 is 0 Å². The Kier molecular flexibility index (Phi) is 11.4. The number of nitrogens with one attached hydrogen (secondary N) is 2. The number of aliphatic hydroxyl groups excluding tert-OH is 2. The second-order valence-corrected chi connectivity index (χ2v) is 16.1. The number of nitrogens with zero attached hydrogens (tertiary/aromatic N) is 2. The van der Waals surface area contributed by atoms with Gasteiger partial charge in [-0.3, -0.25) is 14.4 Å². The molecule has 1 aliphatic heterocycles. The topological polar surface area (TPSA) is 114 Å². The van der Waals surface area contributed by atoms with E-state index in [1.807, 2.05) is 62.6 Å². The number of likely N-dealkylation sites (N-methyl/N-ethyl adjacent to an activating group) is 1. The second kappa shape index (κ2) is 15.0. The summed E-state index contributed by atoms with van der Waals surface area (Å²) in [7, 11) is 4.03.